The zero-order valence-electron chi connectivity index (χ0n) is 16.7. The van der Waals surface area contributed by atoms with E-state index >= 15 is 0 Å². The first-order chi connectivity index (χ1) is 12.1. The zero-order valence-corrected chi connectivity index (χ0v) is 17.5. The van der Waals surface area contributed by atoms with Crippen LogP contribution < -0.4 is 0 Å². The van der Waals surface area contributed by atoms with Crippen molar-refractivity contribution in [2.75, 3.05) is 39.6 Å². The molecular formula is C16H36O9S. The van der Waals surface area contributed by atoms with Gasteiger partial charge < -0.3 is 24.4 Å². The number of ether oxygens (including phenoxy) is 3. The molecule has 0 aliphatic heterocycles. The molecule has 0 aliphatic carbocycles. The van der Waals surface area contributed by atoms with Crippen LogP contribution in [0.3, 0.4) is 0 Å². The molecule has 9 nitrogen and oxygen atoms in total. The molecule has 160 valence electrons. The third-order valence-electron chi connectivity index (χ3n) is 2.63. The molecule has 4 atom stereocenters. The van der Waals surface area contributed by atoms with Crippen LogP contribution in [0.1, 0.15) is 41.5 Å². The first-order valence-corrected chi connectivity index (χ1v) is 10.1. The minimum absolute atomic E-state index is 0.0145. The lowest BCUT2D eigenvalue weighted by atomic mass is 10.3. The summed E-state index contributed by atoms with van der Waals surface area (Å²) in [6, 6.07) is 0. The molecule has 0 fully saturated rings. The predicted molar refractivity (Wildman–Crippen MR) is 97.2 cm³/mol. The van der Waals surface area contributed by atoms with Crippen LogP contribution in [0.2, 0.25) is 0 Å². The molecule has 0 rings (SSSR count). The Morgan fingerprint density at radius 2 is 1.15 bits per heavy atom. The van der Waals surface area contributed by atoms with Gasteiger partial charge in [-0.15, -0.1) is 0 Å². The highest BCUT2D eigenvalue weighted by atomic mass is 32.3. The van der Waals surface area contributed by atoms with E-state index in [0.29, 0.717) is 19.8 Å². The molecule has 0 aromatic heterocycles. The van der Waals surface area contributed by atoms with E-state index in [0.717, 1.165) is 0 Å². The lowest BCUT2D eigenvalue weighted by molar-refractivity contribution is -0.0825. The third-order valence-corrected chi connectivity index (χ3v) is 3.68. The van der Waals surface area contributed by atoms with Gasteiger partial charge >= 0.3 is 10.4 Å². The van der Waals surface area contributed by atoms with Gasteiger partial charge in [-0.1, -0.05) is 0 Å². The number of rotatable bonds is 14. The normalized spacial score (nSPS) is 16.3. The summed E-state index contributed by atoms with van der Waals surface area (Å²) in [6.45, 7) is 11.9. The van der Waals surface area contributed by atoms with Crippen molar-refractivity contribution in [1.82, 2.24) is 0 Å². The maximum atomic E-state index is 10.4. The summed E-state index contributed by atoms with van der Waals surface area (Å²) in [6.07, 6.45) is -0.711. The molecule has 4 unspecified atom stereocenters. The van der Waals surface area contributed by atoms with Gasteiger partial charge in [0.1, 0.15) is 0 Å². The van der Waals surface area contributed by atoms with E-state index in [4.69, 9.17) is 24.4 Å². The summed E-state index contributed by atoms with van der Waals surface area (Å²) < 4.78 is 45.4. The Bertz CT molecular complexity index is 389. The molecule has 0 saturated carbocycles. The van der Waals surface area contributed by atoms with Crippen molar-refractivity contribution in [2.45, 2.75) is 66.0 Å². The topological polar surface area (TPSA) is 121 Å². The van der Waals surface area contributed by atoms with E-state index in [1.807, 2.05) is 13.8 Å². The van der Waals surface area contributed by atoms with Crippen molar-refractivity contribution in [3.8, 4) is 0 Å². The highest BCUT2D eigenvalue weighted by Gasteiger charge is 2.10. The van der Waals surface area contributed by atoms with Crippen LogP contribution in [0.5, 0.6) is 0 Å². The predicted octanol–water partition coefficient (Wildman–Crippen LogP) is 0.879. The van der Waals surface area contributed by atoms with E-state index in [2.05, 4.69) is 8.37 Å². The Balaban J connectivity index is 0. The summed E-state index contributed by atoms with van der Waals surface area (Å²) in [7, 11) is -3.68. The van der Waals surface area contributed by atoms with Crippen molar-refractivity contribution < 1.29 is 41.2 Å². The molecule has 0 amide bonds. The quantitative estimate of drug-likeness (QED) is 0.434. The fraction of sp³-hybridized carbons (Fsp3) is 1.00. The second kappa shape index (κ2) is 16.8. The SMILES string of the molecule is CC(O)COC(C)COC(C)COC(C)CO.CCOS(=O)(=O)OCC. The summed E-state index contributed by atoms with van der Waals surface area (Å²) in [5.41, 5.74) is 0. The molecule has 0 radical (unpaired) electrons. The standard InChI is InChI=1S/C12H26O5.C4H10O4S/c1-9(14)6-15-11(3)8-17-12(4)7-16-10(2)5-13;1-3-7-9(5,6)8-4-2/h9-14H,5-8H2,1-4H3;3-4H2,1-2H3. The Morgan fingerprint density at radius 3 is 1.50 bits per heavy atom. The van der Waals surface area contributed by atoms with Crippen molar-refractivity contribution in [3.63, 3.8) is 0 Å². The van der Waals surface area contributed by atoms with Gasteiger partial charge in [0.25, 0.3) is 0 Å². The van der Waals surface area contributed by atoms with Crippen LogP contribution in [-0.4, -0.2) is 82.7 Å². The number of hydrogen-bond donors (Lipinski definition) is 2. The van der Waals surface area contributed by atoms with E-state index in [-0.39, 0.29) is 38.1 Å². The average molecular weight is 405 g/mol. The van der Waals surface area contributed by atoms with Gasteiger partial charge in [0.15, 0.2) is 0 Å². The van der Waals surface area contributed by atoms with Crippen molar-refractivity contribution >= 4 is 10.4 Å². The molecule has 0 heterocycles. The lowest BCUT2D eigenvalue weighted by Crippen LogP contribution is -2.27. The largest absolute Gasteiger partial charge is 0.399 e. The lowest BCUT2D eigenvalue weighted by Gasteiger charge is -2.19. The van der Waals surface area contributed by atoms with E-state index in [1.165, 1.54) is 0 Å². The van der Waals surface area contributed by atoms with Crippen LogP contribution in [0.25, 0.3) is 0 Å². The van der Waals surface area contributed by atoms with Crippen LogP contribution in [0.4, 0.5) is 0 Å². The molecule has 0 bridgehead atoms. The Kier molecular flexibility index (Phi) is 18.0. The third kappa shape index (κ3) is 20.0. The summed E-state index contributed by atoms with van der Waals surface area (Å²) in [4.78, 5) is 0. The highest BCUT2D eigenvalue weighted by Crippen LogP contribution is 2.00. The molecule has 2 N–H and O–H groups in total. The van der Waals surface area contributed by atoms with E-state index < -0.39 is 16.5 Å². The molecule has 10 heteroatoms. The Labute approximate surface area is 157 Å². The molecule has 0 spiro atoms. The van der Waals surface area contributed by atoms with E-state index in [1.54, 1.807) is 27.7 Å². The summed E-state index contributed by atoms with van der Waals surface area (Å²) in [5.74, 6) is 0. The number of aliphatic hydroxyl groups is 2. The maximum Gasteiger partial charge on any atom is 0.399 e. The summed E-state index contributed by atoms with van der Waals surface area (Å²) >= 11 is 0. The van der Waals surface area contributed by atoms with Gasteiger partial charge in [0.2, 0.25) is 0 Å². The van der Waals surface area contributed by atoms with E-state index in [9.17, 15) is 8.42 Å². The second-order valence-corrected chi connectivity index (χ2v) is 6.97. The van der Waals surface area contributed by atoms with Crippen molar-refractivity contribution in [1.29, 1.82) is 0 Å². The number of hydrogen-bond acceptors (Lipinski definition) is 9. The Morgan fingerprint density at radius 1 is 0.769 bits per heavy atom. The second-order valence-electron chi connectivity index (χ2n) is 5.68. The van der Waals surface area contributed by atoms with Crippen LogP contribution in [0, 0.1) is 0 Å². The maximum absolute atomic E-state index is 10.4. The molecular weight excluding hydrogens is 368 g/mol. The fourth-order valence-electron chi connectivity index (χ4n) is 1.37. The van der Waals surface area contributed by atoms with Gasteiger partial charge in [0.05, 0.1) is 64.1 Å². The minimum atomic E-state index is -3.68. The van der Waals surface area contributed by atoms with Gasteiger partial charge in [-0.3, -0.25) is 0 Å². The first kappa shape index (κ1) is 27.9. The minimum Gasteiger partial charge on any atom is -0.394 e. The number of aliphatic hydroxyl groups excluding tert-OH is 2. The fourth-order valence-corrected chi connectivity index (χ4v) is 2.02. The smallest absolute Gasteiger partial charge is 0.394 e. The zero-order chi connectivity index (χ0) is 20.6. The molecule has 0 saturated heterocycles. The highest BCUT2D eigenvalue weighted by molar-refractivity contribution is 7.81. The molecule has 26 heavy (non-hydrogen) atoms. The monoisotopic (exact) mass is 404 g/mol. The first-order valence-electron chi connectivity index (χ1n) is 8.75. The molecule has 0 aliphatic rings. The van der Waals surface area contributed by atoms with Crippen LogP contribution >= 0.6 is 0 Å². The Hall–Kier alpha value is -0.330. The molecule has 0 aromatic carbocycles. The van der Waals surface area contributed by atoms with Crippen LogP contribution in [0.15, 0.2) is 0 Å². The van der Waals surface area contributed by atoms with Gasteiger partial charge in [0, 0.05) is 0 Å². The average Bonchev–Trinajstić information content (AvgIpc) is 2.56. The van der Waals surface area contributed by atoms with Gasteiger partial charge in [-0.2, -0.15) is 8.42 Å². The van der Waals surface area contributed by atoms with Gasteiger partial charge in [-0.05, 0) is 41.5 Å². The molecule has 0 aromatic rings. The summed E-state index contributed by atoms with van der Waals surface area (Å²) in [5, 5.41) is 17.8. The van der Waals surface area contributed by atoms with Crippen molar-refractivity contribution in [3.05, 3.63) is 0 Å². The van der Waals surface area contributed by atoms with Gasteiger partial charge in [-0.25, -0.2) is 8.37 Å². The van der Waals surface area contributed by atoms with Crippen LogP contribution in [-0.2, 0) is 33.0 Å². The van der Waals surface area contributed by atoms with Crippen molar-refractivity contribution in [2.24, 2.45) is 0 Å².